The molecule has 3 amide bonds. The smallest absolute Gasteiger partial charge is 0.429 e. The first kappa shape index (κ1) is 41.0. The van der Waals surface area contributed by atoms with Crippen LogP contribution in [0.2, 0.25) is 0 Å². The molecule has 5 atom stereocenters. The van der Waals surface area contributed by atoms with Gasteiger partial charge in [-0.3, -0.25) is 9.59 Å². The normalized spacial score (nSPS) is 23.5. The van der Waals surface area contributed by atoms with Crippen molar-refractivity contribution in [3.8, 4) is 16.9 Å². The second-order valence-corrected chi connectivity index (χ2v) is 16.0. The van der Waals surface area contributed by atoms with E-state index in [-0.39, 0.29) is 51.4 Å². The number of benzene rings is 3. The molecule has 58 heavy (non-hydrogen) atoms. The van der Waals surface area contributed by atoms with Crippen LogP contribution in [0.1, 0.15) is 79.5 Å². The summed E-state index contributed by atoms with van der Waals surface area (Å²) >= 11 is 0. The molecule has 0 heterocycles. The molecule has 16 heteroatoms. The summed E-state index contributed by atoms with van der Waals surface area (Å²) in [5.41, 5.74) is -2.00. The Labute approximate surface area is 328 Å². The highest BCUT2D eigenvalue weighted by Crippen LogP contribution is 2.57. The van der Waals surface area contributed by atoms with E-state index < -0.39 is 71.1 Å². The Morgan fingerprint density at radius 2 is 1.59 bits per heavy atom. The van der Waals surface area contributed by atoms with Crippen molar-refractivity contribution in [2.24, 2.45) is 23.2 Å². The predicted octanol–water partition coefficient (Wildman–Crippen LogP) is 10.0. The van der Waals surface area contributed by atoms with Gasteiger partial charge in [0.1, 0.15) is 17.4 Å². The van der Waals surface area contributed by atoms with Crippen LogP contribution < -0.4 is 15.4 Å². The number of ether oxygens (including phenoxy) is 2. The average Bonchev–Trinajstić information content (AvgIpc) is 3.65. The van der Waals surface area contributed by atoms with E-state index in [1.165, 1.54) is 32.4 Å². The number of alkyl halides is 6. The third-order valence-electron chi connectivity index (χ3n) is 12.1. The lowest BCUT2D eigenvalue weighted by molar-refractivity contribution is -0.209. The highest BCUT2D eigenvalue weighted by molar-refractivity contribution is 6.00. The van der Waals surface area contributed by atoms with E-state index in [9.17, 15) is 45.1 Å². The van der Waals surface area contributed by atoms with Crippen LogP contribution in [0.3, 0.4) is 0 Å². The third-order valence-corrected chi connectivity index (χ3v) is 12.1. The van der Waals surface area contributed by atoms with Gasteiger partial charge in [0.15, 0.2) is 0 Å². The molecular formula is C42H41F8N3O5. The molecule has 0 radical (unpaired) electrons. The fraction of sp³-hybridized carbons (Fsp3) is 0.452. The second-order valence-electron chi connectivity index (χ2n) is 16.0. The molecule has 8 nitrogen and oxygen atoms in total. The zero-order valence-electron chi connectivity index (χ0n) is 31.7. The maximum absolute atomic E-state index is 15.5. The van der Waals surface area contributed by atoms with Crippen LogP contribution in [0.15, 0.2) is 66.2 Å². The number of methoxy groups -OCH3 is 1. The molecule has 3 aromatic carbocycles. The Bertz CT molecular complexity index is 2150. The Balaban J connectivity index is 1.18. The van der Waals surface area contributed by atoms with Gasteiger partial charge in [-0.05, 0) is 104 Å². The predicted molar refractivity (Wildman–Crippen MR) is 195 cm³/mol. The van der Waals surface area contributed by atoms with Crippen LogP contribution in [-0.4, -0.2) is 55.2 Å². The van der Waals surface area contributed by atoms with E-state index in [1.54, 1.807) is 0 Å². The highest BCUT2D eigenvalue weighted by Gasteiger charge is 2.56. The zero-order valence-corrected chi connectivity index (χ0v) is 31.7. The quantitative estimate of drug-likeness (QED) is 0.157. The van der Waals surface area contributed by atoms with Gasteiger partial charge in [0, 0.05) is 41.9 Å². The lowest BCUT2D eigenvalue weighted by atomic mass is 9.83. The molecular weight excluding hydrogens is 778 g/mol. The van der Waals surface area contributed by atoms with E-state index in [1.807, 2.05) is 0 Å². The van der Waals surface area contributed by atoms with Crippen LogP contribution in [0.4, 0.5) is 45.6 Å². The van der Waals surface area contributed by atoms with Gasteiger partial charge in [-0.2, -0.15) is 26.3 Å². The van der Waals surface area contributed by atoms with Gasteiger partial charge in [0.2, 0.25) is 12.0 Å². The first-order valence-corrected chi connectivity index (χ1v) is 19.0. The molecule has 0 aromatic heterocycles. The van der Waals surface area contributed by atoms with Crippen molar-refractivity contribution in [3.63, 3.8) is 0 Å². The second kappa shape index (κ2) is 15.2. The lowest BCUT2D eigenvalue weighted by Gasteiger charge is -2.35. The van der Waals surface area contributed by atoms with Crippen molar-refractivity contribution < 1.29 is 59.0 Å². The van der Waals surface area contributed by atoms with Crippen LogP contribution in [-0.2, 0) is 15.7 Å². The number of rotatable bonds is 10. The zero-order chi connectivity index (χ0) is 41.9. The summed E-state index contributed by atoms with van der Waals surface area (Å²) in [6.45, 7) is 2.07. The maximum atomic E-state index is 15.5. The molecule has 2 N–H and O–H groups in total. The molecule has 2 bridgehead atoms. The molecule has 4 aliphatic rings. The van der Waals surface area contributed by atoms with Crippen LogP contribution in [0, 0.1) is 34.8 Å². The number of allylic oxidation sites excluding steroid dienone is 1. The standard InChI is InChI=1S/C42H41F8N3O5/c1-40(15-16-40)20-29-25-10-11-26(29)35(34(25)38(55)51-23-9-13-32(44)30(19-23)41(45,46)47)52-37(54)28-17-21(8-14-33(28)57-3)27-18-22(7-12-31(27)43)36(42(48,49)50)58-39(56)53(2)24-5-4-6-24/h7-9,12-14,17-20,24-26,34-36H,4-6,10-11,15-16H2,1-3H3,(H,51,55)(H,52,54)/b29-20-/t25?,26?,34-,35?,36?/m1/s1. The third kappa shape index (κ3) is 8.11. The largest absolute Gasteiger partial charge is 0.496 e. The Hall–Kier alpha value is -5.15. The number of carbonyl (C=O) groups excluding carboxylic acids is 3. The molecule has 3 aromatic rings. The Morgan fingerprint density at radius 3 is 2.21 bits per heavy atom. The summed E-state index contributed by atoms with van der Waals surface area (Å²) < 4.78 is 123. The van der Waals surface area contributed by atoms with Crippen LogP contribution in [0.25, 0.3) is 11.1 Å². The summed E-state index contributed by atoms with van der Waals surface area (Å²) in [7, 11) is 2.63. The van der Waals surface area contributed by atoms with E-state index in [2.05, 4.69) is 23.6 Å². The van der Waals surface area contributed by atoms with Gasteiger partial charge in [0.05, 0.1) is 24.2 Å². The first-order chi connectivity index (χ1) is 27.3. The molecule has 310 valence electrons. The average molecular weight is 820 g/mol. The molecule has 0 spiro atoms. The molecule has 4 unspecified atom stereocenters. The Kier molecular flexibility index (Phi) is 10.8. The number of nitrogens with zero attached hydrogens (tertiary/aromatic N) is 1. The van der Waals surface area contributed by atoms with Gasteiger partial charge < -0.3 is 25.0 Å². The molecule has 0 saturated heterocycles. The minimum atomic E-state index is -5.05. The summed E-state index contributed by atoms with van der Waals surface area (Å²) in [6.07, 6.45) is -6.74. The summed E-state index contributed by atoms with van der Waals surface area (Å²) in [5.74, 6) is -5.45. The fourth-order valence-corrected chi connectivity index (χ4v) is 8.42. The van der Waals surface area contributed by atoms with E-state index >= 15 is 4.39 Å². The SMILES string of the molecule is COc1ccc(-c2cc(C(OC(=O)N(C)C3CCC3)C(F)(F)F)ccc2F)cc1C(=O)NC1C2CCC(/C2=C/C2(C)CC2)[C@H]1C(=O)Nc1ccc(F)c(C(F)(F)F)c1. The summed E-state index contributed by atoms with van der Waals surface area (Å²) in [4.78, 5) is 42.0. The number of amides is 3. The van der Waals surface area contributed by atoms with Crippen molar-refractivity contribution in [3.05, 3.63) is 94.6 Å². The molecule has 4 saturated carbocycles. The maximum Gasteiger partial charge on any atom is 0.429 e. The topological polar surface area (TPSA) is 97.0 Å². The van der Waals surface area contributed by atoms with E-state index in [0.717, 1.165) is 54.0 Å². The molecule has 4 aliphatic carbocycles. The summed E-state index contributed by atoms with van der Waals surface area (Å²) in [6, 6.07) is 7.54. The number of halogens is 8. The van der Waals surface area contributed by atoms with Gasteiger partial charge in [-0.1, -0.05) is 30.7 Å². The minimum absolute atomic E-state index is 0.00889. The van der Waals surface area contributed by atoms with Crippen molar-refractivity contribution in [1.29, 1.82) is 0 Å². The van der Waals surface area contributed by atoms with E-state index in [4.69, 9.17) is 9.47 Å². The van der Waals surface area contributed by atoms with Crippen molar-refractivity contribution >= 4 is 23.6 Å². The first-order valence-electron chi connectivity index (χ1n) is 19.0. The van der Waals surface area contributed by atoms with E-state index in [0.29, 0.717) is 37.8 Å². The van der Waals surface area contributed by atoms with Crippen molar-refractivity contribution in [2.45, 2.75) is 82.4 Å². The molecule has 4 fully saturated rings. The van der Waals surface area contributed by atoms with Gasteiger partial charge in [-0.25, -0.2) is 13.6 Å². The number of carbonyl (C=O) groups is 3. The highest BCUT2D eigenvalue weighted by atomic mass is 19.4. The number of hydrogen-bond acceptors (Lipinski definition) is 5. The monoisotopic (exact) mass is 819 g/mol. The lowest BCUT2D eigenvalue weighted by Crippen LogP contribution is -2.48. The molecule has 7 rings (SSSR count). The Morgan fingerprint density at radius 1 is 0.897 bits per heavy atom. The molecule has 0 aliphatic heterocycles. The van der Waals surface area contributed by atoms with Crippen molar-refractivity contribution in [1.82, 2.24) is 10.2 Å². The number of anilines is 1. The number of fused-ring (bicyclic) bond motifs is 2. The van der Waals surface area contributed by atoms with Crippen LogP contribution >= 0.6 is 0 Å². The summed E-state index contributed by atoms with van der Waals surface area (Å²) in [5, 5.41) is 5.43. The van der Waals surface area contributed by atoms with Gasteiger partial charge in [-0.15, -0.1) is 0 Å². The van der Waals surface area contributed by atoms with Crippen LogP contribution in [0.5, 0.6) is 5.75 Å². The van der Waals surface area contributed by atoms with Gasteiger partial charge >= 0.3 is 18.4 Å². The fourth-order valence-electron chi connectivity index (χ4n) is 8.42. The van der Waals surface area contributed by atoms with Crippen molar-refractivity contribution in [2.75, 3.05) is 19.5 Å². The minimum Gasteiger partial charge on any atom is -0.496 e. The van der Waals surface area contributed by atoms with Gasteiger partial charge in [0.25, 0.3) is 5.91 Å². The number of hydrogen-bond donors (Lipinski definition) is 2. The number of nitrogens with one attached hydrogen (secondary N) is 2.